The highest BCUT2D eigenvalue weighted by atomic mass is 32.1. The first-order chi connectivity index (χ1) is 14.4. The Morgan fingerprint density at radius 2 is 2.00 bits per heavy atom. The number of halogens is 1. The van der Waals surface area contributed by atoms with Crippen molar-refractivity contribution in [2.75, 3.05) is 18.0 Å². The molecule has 4 rings (SSSR count). The van der Waals surface area contributed by atoms with E-state index in [-0.39, 0.29) is 5.56 Å². The summed E-state index contributed by atoms with van der Waals surface area (Å²) in [4.78, 5) is 15.1. The number of aliphatic hydroxyl groups excluding tert-OH is 1. The number of piperidine rings is 1. The maximum atomic E-state index is 13.8. The number of nitrogens with one attached hydrogen (secondary N) is 1. The van der Waals surface area contributed by atoms with Crippen molar-refractivity contribution in [2.24, 2.45) is 0 Å². The van der Waals surface area contributed by atoms with Crippen LogP contribution in [0.1, 0.15) is 32.9 Å². The number of benzene rings is 2. The number of amides is 1. The molecule has 1 aliphatic rings. The minimum Gasteiger partial charge on any atom is -0.388 e. The van der Waals surface area contributed by atoms with Gasteiger partial charge in [-0.15, -0.1) is 10.2 Å². The second-order valence-corrected chi connectivity index (χ2v) is 8.73. The summed E-state index contributed by atoms with van der Waals surface area (Å²) in [6, 6.07) is 13.6. The Morgan fingerprint density at radius 3 is 2.67 bits per heavy atom. The first-order valence-corrected chi connectivity index (χ1v) is 10.6. The molecule has 0 bridgehead atoms. The summed E-state index contributed by atoms with van der Waals surface area (Å²) in [6.07, 6.45) is -0.424. The van der Waals surface area contributed by atoms with Gasteiger partial charge in [0.15, 0.2) is 0 Å². The summed E-state index contributed by atoms with van der Waals surface area (Å²) in [5, 5.41) is 24.1. The fourth-order valence-corrected chi connectivity index (χ4v) is 4.64. The molecule has 0 radical (unpaired) electrons. The van der Waals surface area contributed by atoms with Crippen molar-refractivity contribution in [3.63, 3.8) is 0 Å². The molecule has 3 aromatic rings. The minimum absolute atomic E-state index is 0.264. The molecule has 6 nitrogen and oxygen atoms in total. The molecular formula is C22H23FN4O2S. The summed E-state index contributed by atoms with van der Waals surface area (Å²) in [7, 11) is 0. The number of carbonyl (C=O) groups excluding carboxylic acids is 1. The number of anilines is 1. The van der Waals surface area contributed by atoms with Crippen molar-refractivity contribution in [1.29, 1.82) is 0 Å². The lowest BCUT2D eigenvalue weighted by molar-refractivity contribution is 0.0365. The molecule has 156 valence electrons. The zero-order valence-electron chi connectivity index (χ0n) is 16.8. The van der Waals surface area contributed by atoms with Gasteiger partial charge < -0.3 is 15.3 Å². The number of aromatic nitrogens is 2. The average molecular weight is 427 g/mol. The number of aryl methyl sites for hydroxylation is 2. The molecule has 2 atom stereocenters. The third kappa shape index (κ3) is 3.80. The monoisotopic (exact) mass is 426 g/mol. The van der Waals surface area contributed by atoms with Gasteiger partial charge in [-0.1, -0.05) is 47.7 Å². The predicted molar refractivity (Wildman–Crippen MR) is 114 cm³/mol. The van der Waals surface area contributed by atoms with Crippen LogP contribution in [0.25, 0.3) is 0 Å². The topological polar surface area (TPSA) is 78.4 Å². The molecule has 0 aliphatic carbocycles. The molecule has 0 unspecified atom stereocenters. The number of hydrogen-bond donors (Lipinski definition) is 2. The van der Waals surface area contributed by atoms with Gasteiger partial charge in [0.1, 0.15) is 10.8 Å². The summed E-state index contributed by atoms with van der Waals surface area (Å²) < 4.78 is 13.8. The highest BCUT2D eigenvalue weighted by Crippen LogP contribution is 2.36. The molecule has 0 spiro atoms. The van der Waals surface area contributed by atoms with E-state index in [0.29, 0.717) is 25.1 Å². The van der Waals surface area contributed by atoms with Gasteiger partial charge in [0.25, 0.3) is 5.91 Å². The lowest BCUT2D eigenvalue weighted by Crippen LogP contribution is -2.62. The van der Waals surface area contributed by atoms with Gasteiger partial charge >= 0.3 is 0 Å². The van der Waals surface area contributed by atoms with Crippen molar-refractivity contribution in [3.05, 3.63) is 76.0 Å². The number of carbonyl (C=O) groups is 1. The molecule has 1 aromatic heterocycles. The maximum Gasteiger partial charge on any atom is 0.252 e. The van der Waals surface area contributed by atoms with Crippen molar-refractivity contribution < 1.29 is 14.3 Å². The van der Waals surface area contributed by atoms with Crippen LogP contribution in [0.3, 0.4) is 0 Å². The van der Waals surface area contributed by atoms with E-state index in [2.05, 4.69) is 15.5 Å². The molecule has 1 fully saturated rings. The SMILES string of the molecule is Cc1nnc(N2CC[C@](NC(=O)c3cc(F)ccc3C)(c3ccccc3)[C@H](O)C2)s1. The molecule has 2 N–H and O–H groups in total. The lowest BCUT2D eigenvalue weighted by atomic mass is 9.78. The molecule has 8 heteroatoms. The molecule has 1 aliphatic heterocycles. The zero-order valence-corrected chi connectivity index (χ0v) is 17.6. The Morgan fingerprint density at radius 1 is 1.23 bits per heavy atom. The Kier molecular flexibility index (Phi) is 5.53. The summed E-state index contributed by atoms with van der Waals surface area (Å²) in [6.45, 7) is 4.53. The summed E-state index contributed by atoms with van der Waals surface area (Å²) >= 11 is 1.47. The molecule has 2 heterocycles. The van der Waals surface area contributed by atoms with Crippen molar-refractivity contribution >= 4 is 22.4 Å². The van der Waals surface area contributed by atoms with Crippen LogP contribution in [0.2, 0.25) is 0 Å². The van der Waals surface area contributed by atoms with Gasteiger partial charge in [0.05, 0.1) is 11.6 Å². The van der Waals surface area contributed by atoms with Crippen LogP contribution >= 0.6 is 11.3 Å². The fourth-order valence-electron chi connectivity index (χ4n) is 3.92. The molecular weight excluding hydrogens is 403 g/mol. The van der Waals surface area contributed by atoms with Gasteiger partial charge in [0.2, 0.25) is 5.13 Å². The van der Waals surface area contributed by atoms with E-state index in [0.717, 1.165) is 15.7 Å². The second kappa shape index (κ2) is 8.12. The smallest absolute Gasteiger partial charge is 0.252 e. The van der Waals surface area contributed by atoms with E-state index in [1.165, 1.54) is 23.5 Å². The van der Waals surface area contributed by atoms with Crippen LogP contribution < -0.4 is 10.2 Å². The molecule has 1 saturated heterocycles. The lowest BCUT2D eigenvalue weighted by Gasteiger charge is -2.46. The van der Waals surface area contributed by atoms with Crippen LogP contribution in [0, 0.1) is 19.7 Å². The first-order valence-electron chi connectivity index (χ1n) is 9.76. The number of β-amino-alcohol motifs (C(OH)–C–C–N with tert-alkyl or cyclic N) is 1. The molecule has 1 amide bonds. The van der Waals surface area contributed by atoms with E-state index in [4.69, 9.17) is 0 Å². The van der Waals surface area contributed by atoms with Crippen LogP contribution in [0.4, 0.5) is 9.52 Å². The van der Waals surface area contributed by atoms with Gasteiger partial charge in [-0.2, -0.15) is 0 Å². The van der Waals surface area contributed by atoms with Gasteiger partial charge in [-0.25, -0.2) is 4.39 Å². The maximum absolute atomic E-state index is 13.8. The van der Waals surface area contributed by atoms with Crippen LogP contribution in [-0.2, 0) is 5.54 Å². The third-order valence-corrected chi connectivity index (χ3v) is 6.49. The molecule has 0 saturated carbocycles. The summed E-state index contributed by atoms with van der Waals surface area (Å²) in [5.74, 6) is -0.878. The van der Waals surface area contributed by atoms with Crippen LogP contribution in [-0.4, -0.2) is 40.4 Å². The van der Waals surface area contributed by atoms with Crippen molar-refractivity contribution in [3.8, 4) is 0 Å². The van der Waals surface area contributed by atoms with E-state index in [9.17, 15) is 14.3 Å². The number of rotatable bonds is 4. The van der Waals surface area contributed by atoms with E-state index >= 15 is 0 Å². The fraction of sp³-hybridized carbons (Fsp3) is 0.318. The zero-order chi connectivity index (χ0) is 21.3. The standard InChI is InChI=1S/C22H23FN4O2S/c1-14-8-9-17(23)12-18(14)20(29)24-22(16-6-4-3-5-7-16)10-11-27(13-19(22)28)21-26-25-15(2)30-21/h3-9,12,19,28H,10-11,13H2,1-2H3,(H,24,29)/t19-,22+/m1/s1. The number of nitrogens with zero attached hydrogens (tertiary/aromatic N) is 3. The quantitative estimate of drug-likeness (QED) is 0.670. The second-order valence-electron chi connectivity index (χ2n) is 7.57. The molecule has 30 heavy (non-hydrogen) atoms. The van der Waals surface area contributed by atoms with Gasteiger partial charge in [-0.05, 0) is 43.5 Å². The van der Waals surface area contributed by atoms with E-state index in [1.807, 2.05) is 42.2 Å². The number of aliphatic hydroxyl groups is 1. The van der Waals surface area contributed by atoms with E-state index < -0.39 is 23.4 Å². The average Bonchev–Trinajstić information content (AvgIpc) is 3.18. The Bertz CT molecular complexity index is 1060. The predicted octanol–water partition coefficient (Wildman–Crippen LogP) is 3.19. The van der Waals surface area contributed by atoms with Gasteiger partial charge in [0, 0.05) is 18.7 Å². The van der Waals surface area contributed by atoms with Crippen LogP contribution in [0.5, 0.6) is 0 Å². The first kappa shape index (κ1) is 20.4. The van der Waals surface area contributed by atoms with Crippen LogP contribution in [0.15, 0.2) is 48.5 Å². The highest BCUT2D eigenvalue weighted by molar-refractivity contribution is 7.15. The molecule has 2 aromatic carbocycles. The Hall–Kier alpha value is -2.84. The van der Waals surface area contributed by atoms with Crippen molar-refractivity contribution in [1.82, 2.24) is 15.5 Å². The summed E-state index contributed by atoms with van der Waals surface area (Å²) in [5.41, 5.74) is 0.758. The number of hydrogen-bond acceptors (Lipinski definition) is 6. The van der Waals surface area contributed by atoms with Gasteiger partial charge in [-0.3, -0.25) is 4.79 Å². The minimum atomic E-state index is -0.993. The van der Waals surface area contributed by atoms with E-state index in [1.54, 1.807) is 13.0 Å². The Labute approximate surface area is 178 Å². The Balaban J connectivity index is 1.67. The normalized spacial score (nSPS) is 21.5. The third-order valence-electron chi connectivity index (χ3n) is 5.59. The van der Waals surface area contributed by atoms with Crippen molar-refractivity contribution in [2.45, 2.75) is 31.9 Å². The highest BCUT2D eigenvalue weighted by Gasteiger charge is 2.45. The largest absolute Gasteiger partial charge is 0.388 e.